The molecule has 3 saturated heterocycles. The number of imide groups is 1. The van der Waals surface area contributed by atoms with Crippen LogP contribution in [0, 0.1) is 11.3 Å². The molecule has 4 amide bonds. The number of nitrogens with one attached hydrogen (secondary N) is 1. The molecule has 4 aliphatic heterocycles. The minimum atomic E-state index is -0.570. The van der Waals surface area contributed by atoms with Crippen molar-refractivity contribution in [1.82, 2.24) is 20.0 Å². The van der Waals surface area contributed by atoms with E-state index in [1.54, 1.807) is 4.90 Å². The molecule has 1 N–H and O–H groups in total. The van der Waals surface area contributed by atoms with Crippen LogP contribution in [0.15, 0.2) is 18.2 Å². The van der Waals surface area contributed by atoms with Gasteiger partial charge < -0.3 is 14.5 Å². The summed E-state index contributed by atoms with van der Waals surface area (Å²) in [5, 5.41) is 2.38. The van der Waals surface area contributed by atoms with E-state index in [9.17, 15) is 19.2 Å². The lowest BCUT2D eigenvalue weighted by Gasteiger charge is -2.62. The fraction of sp³-hybridized carbons (Fsp3) is 0.667. The number of ether oxygens (including phenoxy) is 1. The highest BCUT2D eigenvalue weighted by Gasteiger charge is 2.53. The molecule has 5 aliphatic rings. The van der Waals surface area contributed by atoms with Crippen molar-refractivity contribution in [2.75, 3.05) is 26.2 Å². The van der Waals surface area contributed by atoms with Gasteiger partial charge in [0.15, 0.2) is 0 Å². The molecule has 6 rings (SSSR count). The van der Waals surface area contributed by atoms with Crippen molar-refractivity contribution in [2.45, 2.75) is 89.9 Å². The Morgan fingerprint density at radius 3 is 2.46 bits per heavy atom. The van der Waals surface area contributed by atoms with Crippen molar-refractivity contribution in [3.8, 4) is 0 Å². The Labute approximate surface area is 230 Å². The molecule has 0 bridgehead atoms. The average molecular weight is 537 g/mol. The first kappa shape index (κ1) is 26.3. The number of nitrogens with zero attached hydrogens (tertiary/aromatic N) is 3. The number of likely N-dealkylation sites (tertiary alicyclic amines) is 2. The first-order valence-corrected chi connectivity index (χ1v) is 14.5. The average Bonchev–Trinajstić information content (AvgIpc) is 3.16. The second-order valence-electron chi connectivity index (χ2n) is 13.4. The van der Waals surface area contributed by atoms with Crippen LogP contribution in [0.25, 0.3) is 0 Å². The molecule has 1 aromatic carbocycles. The van der Waals surface area contributed by atoms with Gasteiger partial charge >= 0.3 is 6.09 Å². The monoisotopic (exact) mass is 536 g/mol. The van der Waals surface area contributed by atoms with Gasteiger partial charge in [0, 0.05) is 50.7 Å². The van der Waals surface area contributed by atoms with Crippen molar-refractivity contribution in [3.63, 3.8) is 0 Å². The molecule has 1 aromatic rings. The molecule has 1 atom stereocenters. The minimum Gasteiger partial charge on any atom is -0.444 e. The summed E-state index contributed by atoms with van der Waals surface area (Å²) in [6.07, 6.45) is 5.88. The number of hydrogen-bond donors (Lipinski definition) is 1. The summed E-state index contributed by atoms with van der Waals surface area (Å²) in [4.78, 5) is 55.6. The van der Waals surface area contributed by atoms with Gasteiger partial charge in [0.1, 0.15) is 11.6 Å². The molecule has 4 heterocycles. The zero-order valence-electron chi connectivity index (χ0n) is 23.3. The van der Waals surface area contributed by atoms with Gasteiger partial charge in [0.05, 0.1) is 0 Å². The number of carbonyl (C=O) groups excluding carboxylic acids is 4. The molecule has 0 radical (unpaired) electrons. The van der Waals surface area contributed by atoms with Crippen LogP contribution >= 0.6 is 0 Å². The number of amides is 4. The van der Waals surface area contributed by atoms with E-state index < -0.39 is 11.6 Å². The van der Waals surface area contributed by atoms with Crippen LogP contribution < -0.4 is 5.32 Å². The Bertz CT molecular complexity index is 1180. The lowest BCUT2D eigenvalue weighted by atomic mass is 9.56. The molecule has 1 spiro atoms. The maximum Gasteiger partial charge on any atom is 0.410 e. The van der Waals surface area contributed by atoms with Gasteiger partial charge in [-0.05, 0) is 87.8 Å². The third-order valence-electron chi connectivity index (χ3n) is 9.34. The van der Waals surface area contributed by atoms with Gasteiger partial charge in [-0.2, -0.15) is 0 Å². The van der Waals surface area contributed by atoms with Gasteiger partial charge in [-0.1, -0.05) is 12.1 Å². The van der Waals surface area contributed by atoms with Crippen molar-refractivity contribution < 1.29 is 23.9 Å². The molecule has 1 unspecified atom stereocenters. The van der Waals surface area contributed by atoms with Crippen molar-refractivity contribution in [1.29, 1.82) is 0 Å². The first-order chi connectivity index (χ1) is 18.5. The molecule has 210 valence electrons. The van der Waals surface area contributed by atoms with Crippen molar-refractivity contribution in [2.24, 2.45) is 11.3 Å². The summed E-state index contributed by atoms with van der Waals surface area (Å²) in [7, 11) is 0. The van der Waals surface area contributed by atoms with Crippen LogP contribution in [-0.4, -0.2) is 82.4 Å². The van der Waals surface area contributed by atoms with Gasteiger partial charge in [-0.25, -0.2) is 4.79 Å². The van der Waals surface area contributed by atoms with Crippen LogP contribution in [0.2, 0.25) is 0 Å². The second kappa shape index (κ2) is 9.61. The highest BCUT2D eigenvalue weighted by Crippen LogP contribution is 2.54. The Morgan fingerprint density at radius 2 is 1.79 bits per heavy atom. The predicted octanol–water partition coefficient (Wildman–Crippen LogP) is 3.10. The van der Waals surface area contributed by atoms with Gasteiger partial charge in [-0.3, -0.25) is 24.6 Å². The van der Waals surface area contributed by atoms with Gasteiger partial charge in [0.2, 0.25) is 11.8 Å². The van der Waals surface area contributed by atoms with E-state index in [2.05, 4.69) is 16.3 Å². The normalized spacial score (nSPS) is 25.8. The van der Waals surface area contributed by atoms with Crippen molar-refractivity contribution in [3.05, 3.63) is 34.9 Å². The summed E-state index contributed by atoms with van der Waals surface area (Å²) >= 11 is 0. The highest BCUT2D eigenvalue weighted by atomic mass is 16.6. The van der Waals surface area contributed by atoms with E-state index in [1.807, 2.05) is 37.8 Å². The largest absolute Gasteiger partial charge is 0.444 e. The minimum absolute atomic E-state index is 0.0984. The van der Waals surface area contributed by atoms with Crippen molar-refractivity contribution >= 4 is 23.8 Å². The van der Waals surface area contributed by atoms with Crippen LogP contribution in [0.3, 0.4) is 0 Å². The summed E-state index contributed by atoms with van der Waals surface area (Å²) < 4.78 is 5.53. The smallest absolute Gasteiger partial charge is 0.410 e. The highest BCUT2D eigenvalue weighted by molar-refractivity contribution is 6.05. The Hall–Kier alpha value is -2.94. The molecule has 1 saturated carbocycles. The van der Waals surface area contributed by atoms with E-state index >= 15 is 0 Å². The summed E-state index contributed by atoms with van der Waals surface area (Å²) in [6, 6.07) is 5.95. The molecular formula is C30H40N4O5. The fourth-order valence-electron chi connectivity index (χ4n) is 7.53. The number of piperidine rings is 2. The number of carbonyl (C=O) groups is 4. The maximum absolute atomic E-state index is 13.1. The van der Waals surface area contributed by atoms with E-state index in [-0.39, 0.29) is 30.2 Å². The number of hydrogen-bond acceptors (Lipinski definition) is 6. The molecule has 1 aliphatic carbocycles. The second-order valence-corrected chi connectivity index (χ2v) is 13.4. The molecule has 9 nitrogen and oxygen atoms in total. The van der Waals surface area contributed by atoms with Gasteiger partial charge in [0.25, 0.3) is 5.91 Å². The standard InChI is InChI=1S/C30H40N4O5/c1-29(2,3)39-28(38)32-11-9-21(10-12-32)33-17-30(18-33)14-19(15-30)13-20-5-4-6-22-23(20)16-34(27(22)37)24-7-8-25(35)31-26(24)36/h4-6,19,21,24H,7-18H2,1-3H3,(H,31,35,36). The summed E-state index contributed by atoms with van der Waals surface area (Å²) in [5.41, 5.74) is 2.96. The molecule has 9 heteroatoms. The Morgan fingerprint density at radius 1 is 1.08 bits per heavy atom. The molecule has 39 heavy (non-hydrogen) atoms. The lowest BCUT2D eigenvalue weighted by molar-refractivity contribution is -0.136. The van der Waals surface area contributed by atoms with Crippen LogP contribution in [0.1, 0.15) is 80.8 Å². The Balaban J connectivity index is 0.986. The Kier molecular flexibility index (Phi) is 6.48. The lowest BCUT2D eigenvalue weighted by Crippen LogP contribution is -2.66. The molecule has 4 fully saturated rings. The van der Waals surface area contributed by atoms with Crippen LogP contribution in [-0.2, 0) is 27.3 Å². The van der Waals surface area contributed by atoms with E-state index in [4.69, 9.17) is 4.74 Å². The van der Waals surface area contributed by atoms with E-state index in [1.165, 1.54) is 18.4 Å². The maximum atomic E-state index is 13.1. The zero-order chi connectivity index (χ0) is 27.5. The quantitative estimate of drug-likeness (QED) is 0.594. The van der Waals surface area contributed by atoms with Crippen LogP contribution in [0.4, 0.5) is 4.79 Å². The van der Waals surface area contributed by atoms with Gasteiger partial charge in [-0.15, -0.1) is 0 Å². The fourth-order valence-corrected chi connectivity index (χ4v) is 7.53. The first-order valence-electron chi connectivity index (χ1n) is 14.5. The number of fused-ring (bicyclic) bond motifs is 1. The van der Waals surface area contributed by atoms with E-state index in [0.717, 1.165) is 51.0 Å². The SMILES string of the molecule is CC(C)(C)OC(=O)N1CCC(N2CC3(CC(Cc4cccc5c4CN(C4CCC(=O)NC4=O)C5=O)C3)C2)CC1. The molecule has 0 aromatic heterocycles. The van der Waals surface area contributed by atoms with Crippen LogP contribution in [0.5, 0.6) is 0 Å². The topological polar surface area (TPSA) is 99.3 Å². The summed E-state index contributed by atoms with van der Waals surface area (Å²) in [5.74, 6) is -0.105. The predicted molar refractivity (Wildman–Crippen MR) is 144 cm³/mol. The summed E-state index contributed by atoms with van der Waals surface area (Å²) in [6.45, 7) is 9.99. The third kappa shape index (κ3) is 5.06. The molecular weight excluding hydrogens is 496 g/mol. The number of benzene rings is 1. The zero-order valence-corrected chi connectivity index (χ0v) is 23.3. The third-order valence-corrected chi connectivity index (χ3v) is 9.34. The van der Waals surface area contributed by atoms with E-state index in [0.29, 0.717) is 35.9 Å². The number of rotatable bonds is 4.